The van der Waals surface area contributed by atoms with E-state index in [4.69, 9.17) is 0 Å². The highest BCUT2D eigenvalue weighted by Gasteiger charge is 2.09. The van der Waals surface area contributed by atoms with E-state index in [1.807, 2.05) is 49.4 Å². The van der Waals surface area contributed by atoms with Crippen LogP contribution >= 0.6 is 15.9 Å². The van der Waals surface area contributed by atoms with Crippen LogP contribution in [-0.4, -0.2) is 32.7 Å². The lowest BCUT2D eigenvalue weighted by molar-refractivity contribution is 0.281. The summed E-state index contributed by atoms with van der Waals surface area (Å²) in [5.41, 5.74) is 2.54. The number of nitrogens with zero attached hydrogens (tertiary/aromatic N) is 3. The van der Waals surface area contributed by atoms with E-state index in [0.717, 1.165) is 21.4 Å². The van der Waals surface area contributed by atoms with Gasteiger partial charge in [-0.05, 0) is 37.3 Å². The molecule has 0 bridgehead atoms. The van der Waals surface area contributed by atoms with Gasteiger partial charge in [-0.1, -0.05) is 22.0 Å². The SMILES string of the molecule is C[C@@H](CO)Nc1nc(Nc2cccc(Br)c2)cc(-c2cccnc2)n1. The van der Waals surface area contributed by atoms with Gasteiger partial charge in [0, 0.05) is 40.2 Å². The molecule has 0 aliphatic rings. The monoisotopic (exact) mass is 399 g/mol. The molecule has 0 radical (unpaired) electrons. The van der Waals surface area contributed by atoms with E-state index < -0.39 is 0 Å². The molecule has 3 rings (SSSR count). The van der Waals surface area contributed by atoms with Crippen molar-refractivity contribution in [2.24, 2.45) is 0 Å². The lowest BCUT2D eigenvalue weighted by Crippen LogP contribution is -2.21. The normalized spacial score (nSPS) is 11.8. The number of halogens is 1. The molecule has 3 aromatic rings. The van der Waals surface area contributed by atoms with Gasteiger partial charge in [0.25, 0.3) is 0 Å². The fraction of sp³-hybridized carbons (Fsp3) is 0.167. The van der Waals surface area contributed by atoms with Crippen molar-refractivity contribution in [3.8, 4) is 11.3 Å². The minimum absolute atomic E-state index is 0.00509. The smallest absolute Gasteiger partial charge is 0.225 e. The number of hydrogen-bond acceptors (Lipinski definition) is 6. The average molecular weight is 400 g/mol. The van der Waals surface area contributed by atoms with Crippen LogP contribution in [-0.2, 0) is 0 Å². The van der Waals surface area contributed by atoms with Gasteiger partial charge >= 0.3 is 0 Å². The van der Waals surface area contributed by atoms with E-state index in [-0.39, 0.29) is 12.6 Å². The third kappa shape index (κ3) is 4.74. The molecule has 0 amide bonds. The summed E-state index contributed by atoms with van der Waals surface area (Å²) >= 11 is 3.46. The van der Waals surface area contributed by atoms with Crippen LogP contribution in [0.4, 0.5) is 17.5 Å². The molecule has 0 spiro atoms. The Morgan fingerprint density at radius 1 is 1.16 bits per heavy atom. The van der Waals surface area contributed by atoms with Crippen molar-refractivity contribution >= 4 is 33.4 Å². The van der Waals surface area contributed by atoms with Gasteiger partial charge in [-0.15, -0.1) is 0 Å². The van der Waals surface area contributed by atoms with E-state index >= 15 is 0 Å². The second-order valence-electron chi connectivity index (χ2n) is 5.57. The summed E-state index contributed by atoms with van der Waals surface area (Å²) in [6.07, 6.45) is 3.48. The second kappa shape index (κ2) is 8.04. The summed E-state index contributed by atoms with van der Waals surface area (Å²) in [6, 6.07) is 13.4. The highest BCUT2D eigenvalue weighted by atomic mass is 79.9. The maximum absolute atomic E-state index is 9.27. The Kier molecular flexibility index (Phi) is 5.57. The van der Waals surface area contributed by atoms with Crippen LogP contribution in [0.15, 0.2) is 59.3 Å². The molecular formula is C18H18BrN5O. The zero-order valence-corrected chi connectivity index (χ0v) is 15.2. The summed E-state index contributed by atoms with van der Waals surface area (Å²) < 4.78 is 0.978. The number of rotatable bonds is 6. The molecule has 2 heterocycles. The van der Waals surface area contributed by atoms with Gasteiger partial charge in [0.15, 0.2) is 0 Å². The summed E-state index contributed by atoms with van der Waals surface area (Å²) in [4.78, 5) is 13.2. The first-order valence-corrected chi connectivity index (χ1v) is 8.63. The molecule has 0 fully saturated rings. The highest BCUT2D eigenvalue weighted by Crippen LogP contribution is 2.24. The van der Waals surface area contributed by atoms with Crippen molar-refractivity contribution in [3.05, 3.63) is 59.3 Å². The van der Waals surface area contributed by atoms with Crippen LogP contribution in [0.1, 0.15) is 6.92 Å². The first kappa shape index (κ1) is 17.3. The molecule has 1 atom stereocenters. The van der Waals surface area contributed by atoms with Gasteiger partial charge in [-0.3, -0.25) is 4.98 Å². The molecule has 0 saturated carbocycles. The van der Waals surface area contributed by atoms with Crippen molar-refractivity contribution in [2.75, 3.05) is 17.2 Å². The molecule has 6 nitrogen and oxygen atoms in total. The van der Waals surface area contributed by atoms with E-state index in [1.165, 1.54) is 0 Å². The second-order valence-corrected chi connectivity index (χ2v) is 6.48. The number of nitrogens with one attached hydrogen (secondary N) is 2. The van der Waals surface area contributed by atoms with Gasteiger partial charge in [0.2, 0.25) is 5.95 Å². The van der Waals surface area contributed by atoms with Gasteiger partial charge in [0.05, 0.1) is 12.3 Å². The van der Waals surface area contributed by atoms with E-state index in [0.29, 0.717) is 11.8 Å². The molecular weight excluding hydrogens is 382 g/mol. The van der Waals surface area contributed by atoms with Crippen molar-refractivity contribution < 1.29 is 5.11 Å². The number of benzene rings is 1. The zero-order valence-electron chi connectivity index (χ0n) is 13.6. The average Bonchev–Trinajstić information content (AvgIpc) is 2.62. The van der Waals surface area contributed by atoms with Gasteiger partial charge in [-0.25, -0.2) is 4.98 Å². The summed E-state index contributed by atoms with van der Waals surface area (Å²) in [6.45, 7) is 1.86. The Labute approximate surface area is 154 Å². The summed E-state index contributed by atoms with van der Waals surface area (Å²) in [7, 11) is 0. The number of hydrogen-bond donors (Lipinski definition) is 3. The highest BCUT2D eigenvalue weighted by molar-refractivity contribution is 9.10. The van der Waals surface area contributed by atoms with Crippen molar-refractivity contribution in [3.63, 3.8) is 0 Å². The Balaban J connectivity index is 1.97. The fourth-order valence-electron chi connectivity index (χ4n) is 2.22. The summed E-state index contributed by atoms with van der Waals surface area (Å²) in [5.74, 6) is 1.10. The molecule has 128 valence electrons. The number of anilines is 3. The Morgan fingerprint density at radius 3 is 2.76 bits per heavy atom. The third-order valence-corrected chi connectivity index (χ3v) is 3.92. The van der Waals surface area contributed by atoms with Crippen molar-refractivity contribution in [1.29, 1.82) is 0 Å². The minimum atomic E-state index is -0.150. The first-order chi connectivity index (χ1) is 12.1. The zero-order chi connectivity index (χ0) is 17.6. The van der Waals surface area contributed by atoms with Crippen LogP contribution in [0, 0.1) is 0 Å². The van der Waals surface area contributed by atoms with Crippen LogP contribution in [0.25, 0.3) is 11.3 Å². The van der Waals surface area contributed by atoms with Crippen LogP contribution < -0.4 is 10.6 Å². The quantitative estimate of drug-likeness (QED) is 0.583. The predicted octanol–water partition coefficient (Wildman–Crippen LogP) is 3.84. The summed E-state index contributed by atoms with van der Waals surface area (Å²) in [5, 5.41) is 15.6. The van der Waals surface area contributed by atoms with Crippen LogP contribution in [0.5, 0.6) is 0 Å². The number of aliphatic hydroxyl groups is 1. The topological polar surface area (TPSA) is 83.0 Å². The van der Waals surface area contributed by atoms with Crippen molar-refractivity contribution in [2.45, 2.75) is 13.0 Å². The lowest BCUT2D eigenvalue weighted by Gasteiger charge is -2.14. The molecule has 25 heavy (non-hydrogen) atoms. The maximum atomic E-state index is 9.27. The Hall–Kier alpha value is -2.51. The van der Waals surface area contributed by atoms with E-state index in [2.05, 4.69) is 41.5 Å². The van der Waals surface area contributed by atoms with E-state index in [9.17, 15) is 5.11 Å². The standard InChI is InChI=1S/C18H18BrN5O/c1-12(11-25)21-18-23-16(13-4-3-7-20-10-13)9-17(24-18)22-15-6-2-5-14(19)8-15/h2-10,12,25H,11H2,1H3,(H2,21,22,23,24)/t12-/m0/s1. The molecule has 0 aliphatic heterocycles. The molecule has 0 unspecified atom stereocenters. The third-order valence-electron chi connectivity index (χ3n) is 3.43. The number of aromatic nitrogens is 3. The van der Waals surface area contributed by atoms with Crippen molar-refractivity contribution in [1.82, 2.24) is 15.0 Å². The van der Waals surface area contributed by atoms with Crippen LogP contribution in [0.2, 0.25) is 0 Å². The predicted molar refractivity (Wildman–Crippen MR) is 103 cm³/mol. The number of pyridine rings is 1. The van der Waals surface area contributed by atoms with E-state index in [1.54, 1.807) is 12.4 Å². The van der Waals surface area contributed by atoms with Gasteiger partial charge < -0.3 is 15.7 Å². The largest absolute Gasteiger partial charge is 0.394 e. The number of aliphatic hydroxyl groups excluding tert-OH is 1. The molecule has 7 heteroatoms. The Bertz CT molecular complexity index is 844. The molecule has 0 aliphatic carbocycles. The maximum Gasteiger partial charge on any atom is 0.225 e. The minimum Gasteiger partial charge on any atom is -0.394 e. The molecule has 3 N–H and O–H groups in total. The van der Waals surface area contributed by atoms with Crippen LogP contribution in [0.3, 0.4) is 0 Å². The van der Waals surface area contributed by atoms with Gasteiger partial charge in [-0.2, -0.15) is 4.98 Å². The lowest BCUT2D eigenvalue weighted by atomic mass is 10.2. The fourth-order valence-corrected chi connectivity index (χ4v) is 2.62. The Morgan fingerprint density at radius 2 is 2.04 bits per heavy atom. The van der Waals surface area contributed by atoms with Gasteiger partial charge in [0.1, 0.15) is 5.82 Å². The molecule has 1 aromatic carbocycles. The molecule has 0 saturated heterocycles. The first-order valence-electron chi connectivity index (χ1n) is 7.83. The molecule has 2 aromatic heterocycles.